The van der Waals surface area contributed by atoms with E-state index in [4.69, 9.17) is 4.74 Å². The maximum Gasteiger partial charge on any atom is 0.0518 e. The van der Waals surface area contributed by atoms with Crippen molar-refractivity contribution < 1.29 is 4.74 Å². The van der Waals surface area contributed by atoms with Gasteiger partial charge < -0.3 is 15.0 Å². The molecule has 0 radical (unpaired) electrons. The van der Waals surface area contributed by atoms with Gasteiger partial charge >= 0.3 is 0 Å². The Labute approximate surface area is 107 Å². The number of unbranched alkanes of at least 4 members (excludes halogenated alkanes) is 4. The number of hydrogen-bond acceptors (Lipinski definition) is 3. The summed E-state index contributed by atoms with van der Waals surface area (Å²) in [5.74, 6) is 0. The van der Waals surface area contributed by atoms with E-state index >= 15 is 0 Å². The van der Waals surface area contributed by atoms with Crippen LogP contribution < -0.4 is 5.32 Å². The smallest absolute Gasteiger partial charge is 0.0518 e. The van der Waals surface area contributed by atoms with Crippen LogP contribution in [0, 0.1) is 0 Å². The Balaban J connectivity index is 1.78. The third-order valence-electron chi connectivity index (χ3n) is 3.28. The van der Waals surface area contributed by atoms with Gasteiger partial charge in [0.2, 0.25) is 0 Å². The molecule has 17 heavy (non-hydrogen) atoms. The van der Waals surface area contributed by atoms with Gasteiger partial charge in [-0.3, -0.25) is 0 Å². The van der Waals surface area contributed by atoms with Gasteiger partial charge in [-0.25, -0.2) is 0 Å². The lowest BCUT2D eigenvalue weighted by Gasteiger charge is -2.27. The van der Waals surface area contributed by atoms with Crippen molar-refractivity contribution in [2.24, 2.45) is 0 Å². The summed E-state index contributed by atoms with van der Waals surface area (Å²) in [5.41, 5.74) is 0. The molecule has 0 aliphatic carbocycles. The number of piperazine rings is 1. The van der Waals surface area contributed by atoms with Gasteiger partial charge in [-0.15, -0.1) is 0 Å². The van der Waals surface area contributed by atoms with Crippen LogP contribution in [0.4, 0.5) is 0 Å². The van der Waals surface area contributed by atoms with Crippen molar-refractivity contribution in [3.63, 3.8) is 0 Å². The largest absolute Gasteiger partial charge is 0.379 e. The van der Waals surface area contributed by atoms with Crippen molar-refractivity contribution in [2.75, 3.05) is 39.3 Å². The number of ether oxygens (including phenoxy) is 1. The van der Waals surface area contributed by atoms with Gasteiger partial charge in [0.15, 0.2) is 0 Å². The summed E-state index contributed by atoms with van der Waals surface area (Å²) in [6, 6.07) is 0. The van der Waals surface area contributed by atoms with E-state index < -0.39 is 0 Å². The molecule has 0 aromatic rings. The highest BCUT2D eigenvalue weighted by molar-refractivity contribution is 4.67. The fourth-order valence-electron chi connectivity index (χ4n) is 2.22. The normalized spacial score (nSPS) is 17.8. The minimum Gasteiger partial charge on any atom is -0.379 e. The number of hydrogen-bond donors (Lipinski definition) is 1. The van der Waals surface area contributed by atoms with E-state index in [1.165, 1.54) is 64.8 Å². The summed E-state index contributed by atoms with van der Waals surface area (Å²) in [5, 5.41) is 3.39. The predicted molar refractivity (Wildman–Crippen MR) is 73.5 cm³/mol. The highest BCUT2D eigenvalue weighted by atomic mass is 16.5. The van der Waals surface area contributed by atoms with E-state index in [2.05, 4.69) is 24.1 Å². The van der Waals surface area contributed by atoms with Crippen molar-refractivity contribution in [3.05, 3.63) is 0 Å². The van der Waals surface area contributed by atoms with E-state index in [0.717, 1.165) is 6.61 Å². The first-order chi connectivity index (χ1) is 8.29. The Bertz CT molecular complexity index is 168. The molecule has 0 aromatic carbocycles. The second kappa shape index (κ2) is 9.86. The first-order valence-corrected chi connectivity index (χ1v) is 7.33. The quantitative estimate of drug-likeness (QED) is 0.628. The average molecular weight is 242 g/mol. The van der Waals surface area contributed by atoms with E-state index in [0.29, 0.717) is 6.10 Å². The number of nitrogens with one attached hydrogen (secondary N) is 1. The van der Waals surface area contributed by atoms with Crippen molar-refractivity contribution in [1.29, 1.82) is 0 Å². The predicted octanol–water partition coefficient (Wildman–Crippen LogP) is 2.27. The Hall–Kier alpha value is -0.120. The Morgan fingerprint density at radius 3 is 2.35 bits per heavy atom. The molecule has 1 saturated heterocycles. The minimum atomic E-state index is 0.391. The second-order valence-corrected chi connectivity index (χ2v) is 5.28. The van der Waals surface area contributed by atoms with Crippen LogP contribution in [0.25, 0.3) is 0 Å². The van der Waals surface area contributed by atoms with Crippen LogP contribution >= 0.6 is 0 Å². The molecule has 1 aliphatic heterocycles. The van der Waals surface area contributed by atoms with Crippen LogP contribution in [0.3, 0.4) is 0 Å². The molecule has 102 valence electrons. The summed E-state index contributed by atoms with van der Waals surface area (Å²) in [6.45, 7) is 11.3. The van der Waals surface area contributed by atoms with Gasteiger partial charge in [0, 0.05) is 32.8 Å². The molecule has 1 rings (SSSR count). The second-order valence-electron chi connectivity index (χ2n) is 5.28. The fraction of sp³-hybridized carbons (Fsp3) is 1.00. The summed E-state index contributed by atoms with van der Waals surface area (Å²) >= 11 is 0. The molecule has 1 fully saturated rings. The molecule has 1 N–H and O–H groups in total. The average Bonchev–Trinajstić information content (AvgIpc) is 2.33. The number of nitrogens with zero attached hydrogens (tertiary/aromatic N) is 1. The lowest BCUT2D eigenvalue weighted by molar-refractivity contribution is 0.0756. The molecule has 0 bridgehead atoms. The van der Waals surface area contributed by atoms with Crippen molar-refractivity contribution in [1.82, 2.24) is 10.2 Å². The monoisotopic (exact) mass is 242 g/mol. The van der Waals surface area contributed by atoms with Gasteiger partial charge in [0.25, 0.3) is 0 Å². The van der Waals surface area contributed by atoms with Crippen LogP contribution in [0.1, 0.15) is 46.0 Å². The van der Waals surface area contributed by atoms with Crippen LogP contribution in [0.2, 0.25) is 0 Å². The first kappa shape index (κ1) is 14.9. The lowest BCUT2D eigenvalue weighted by atomic mass is 10.1. The zero-order chi connectivity index (χ0) is 12.3. The van der Waals surface area contributed by atoms with Crippen LogP contribution in [0.15, 0.2) is 0 Å². The molecule has 0 unspecified atom stereocenters. The topological polar surface area (TPSA) is 24.5 Å². The van der Waals surface area contributed by atoms with Crippen molar-refractivity contribution >= 4 is 0 Å². The summed E-state index contributed by atoms with van der Waals surface area (Å²) < 4.78 is 5.53. The van der Waals surface area contributed by atoms with Gasteiger partial charge in [-0.05, 0) is 33.2 Å². The summed E-state index contributed by atoms with van der Waals surface area (Å²) in [4.78, 5) is 2.58. The molecular weight excluding hydrogens is 212 g/mol. The highest BCUT2D eigenvalue weighted by Gasteiger charge is 2.07. The molecule has 3 heteroatoms. The Morgan fingerprint density at radius 2 is 1.65 bits per heavy atom. The van der Waals surface area contributed by atoms with Crippen LogP contribution in [-0.2, 0) is 4.74 Å². The molecule has 0 atom stereocenters. The molecular formula is C14H30N2O. The van der Waals surface area contributed by atoms with E-state index in [-0.39, 0.29) is 0 Å². The van der Waals surface area contributed by atoms with Crippen LogP contribution in [0.5, 0.6) is 0 Å². The third-order valence-corrected chi connectivity index (χ3v) is 3.28. The minimum absolute atomic E-state index is 0.391. The van der Waals surface area contributed by atoms with Crippen LogP contribution in [-0.4, -0.2) is 50.3 Å². The van der Waals surface area contributed by atoms with E-state index in [1.807, 2.05) is 0 Å². The van der Waals surface area contributed by atoms with Crippen molar-refractivity contribution in [3.8, 4) is 0 Å². The van der Waals surface area contributed by atoms with E-state index in [9.17, 15) is 0 Å². The van der Waals surface area contributed by atoms with Gasteiger partial charge in [0.1, 0.15) is 0 Å². The Morgan fingerprint density at radius 1 is 1.00 bits per heavy atom. The third kappa shape index (κ3) is 8.58. The standard InChI is InChI=1S/C14H30N2O/c1-14(2)17-13-7-5-3-4-6-10-16-11-8-15-9-12-16/h14-15H,3-13H2,1-2H3. The van der Waals surface area contributed by atoms with Gasteiger partial charge in [-0.2, -0.15) is 0 Å². The van der Waals surface area contributed by atoms with Gasteiger partial charge in [0.05, 0.1) is 6.10 Å². The molecule has 1 aliphatic rings. The maximum absolute atomic E-state index is 5.53. The van der Waals surface area contributed by atoms with Crippen molar-refractivity contribution in [2.45, 2.75) is 52.1 Å². The molecule has 0 amide bonds. The molecule has 3 nitrogen and oxygen atoms in total. The first-order valence-electron chi connectivity index (χ1n) is 7.33. The maximum atomic E-state index is 5.53. The summed E-state index contributed by atoms with van der Waals surface area (Å²) in [7, 11) is 0. The van der Waals surface area contributed by atoms with E-state index in [1.54, 1.807) is 0 Å². The van der Waals surface area contributed by atoms with Gasteiger partial charge in [-0.1, -0.05) is 19.3 Å². The molecule has 0 spiro atoms. The zero-order valence-corrected chi connectivity index (χ0v) is 11.7. The SMILES string of the molecule is CC(C)OCCCCCCCN1CCNCC1. The lowest BCUT2D eigenvalue weighted by Crippen LogP contribution is -2.43. The summed E-state index contributed by atoms with van der Waals surface area (Å²) in [6.07, 6.45) is 7.06. The number of rotatable bonds is 9. The highest BCUT2D eigenvalue weighted by Crippen LogP contribution is 2.05. The zero-order valence-electron chi connectivity index (χ0n) is 11.7. The Kier molecular flexibility index (Phi) is 8.67. The fourth-order valence-corrected chi connectivity index (χ4v) is 2.22. The molecule has 0 saturated carbocycles. The molecule has 1 heterocycles. The molecule has 0 aromatic heterocycles.